The van der Waals surface area contributed by atoms with Gasteiger partial charge in [0.25, 0.3) is 0 Å². The Hall–Kier alpha value is -0.163. The third kappa shape index (κ3) is 6.18. The second kappa shape index (κ2) is 11.0. The van der Waals surface area contributed by atoms with Crippen LogP contribution in [0.1, 0.15) is 78.4 Å². The van der Waals surface area contributed by atoms with Gasteiger partial charge in [-0.15, -0.1) is 0 Å². The fraction of sp³-hybridized carbons (Fsp3) is 0.750. The number of halogens is 3. The van der Waals surface area contributed by atoms with E-state index in [1.165, 1.54) is 0 Å². The lowest BCUT2D eigenvalue weighted by Gasteiger charge is -2.34. The highest BCUT2D eigenvalue weighted by molar-refractivity contribution is 6.73. The first-order valence-corrected chi connectivity index (χ1v) is 13.2. The van der Waals surface area contributed by atoms with Crippen LogP contribution in [0.5, 0.6) is 0 Å². The van der Waals surface area contributed by atoms with E-state index in [4.69, 9.17) is 27.6 Å². The lowest BCUT2D eigenvalue weighted by Crippen LogP contribution is -2.37. The minimum absolute atomic E-state index is 0.192. The number of nitrogens with zero attached hydrogens (tertiary/aromatic N) is 1. The molecule has 26 heavy (non-hydrogen) atoms. The van der Waals surface area contributed by atoms with Crippen molar-refractivity contribution in [3.63, 3.8) is 0 Å². The number of hydrogen-bond donors (Lipinski definition) is 0. The van der Waals surface area contributed by atoms with Gasteiger partial charge in [0.1, 0.15) is 5.67 Å². The predicted octanol–water partition coefficient (Wildman–Crippen LogP) is 8.15. The molecule has 1 aromatic rings. The molecule has 0 spiro atoms. The Bertz CT molecular complexity index is 522. The molecule has 0 bridgehead atoms. The average Bonchev–Trinajstić information content (AvgIpc) is 2.65. The zero-order valence-corrected chi connectivity index (χ0v) is 19.4. The first-order chi connectivity index (χ1) is 12.3. The van der Waals surface area contributed by atoms with Crippen LogP contribution in [0.4, 0.5) is 4.39 Å². The summed E-state index contributed by atoms with van der Waals surface area (Å²) in [7, 11) is -1.85. The lowest BCUT2D eigenvalue weighted by molar-refractivity contribution is 0.118. The minimum Gasteiger partial charge on any atom is -0.410 e. The quantitative estimate of drug-likeness (QED) is 0.317. The minimum atomic E-state index is -1.85. The van der Waals surface area contributed by atoms with Crippen LogP contribution < -0.4 is 0 Å². The molecule has 0 amide bonds. The SMILES string of the molecule is CCC(F)(CC)CCCC(O[Si](CC)(CC)CC)c1c(Cl)cncc1Cl. The van der Waals surface area contributed by atoms with Gasteiger partial charge in [-0.2, -0.15) is 0 Å². The zero-order chi connectivity index (χ0) is 19.8. The fourth-order valence-electron chi connectivity index (χ4n) is 3.50. The summed E-state index contributed by atoms with van der Waals surface area (Å²) in [5, 5.41) is 1.07. The summed E-state index contributed by atoms with van der Waals surface area (Å²) in [4.78, 5) is 4.06. The van der Waals surface area contributed by atoms with E-state index in [0.717, 1.165) is 36.5 Å². The van der Waals surface area contributed by atoms with Crippen molar-refractivity contribution in [3.05, 3.63) is 28.0 Å². The number of alkyl halides is 1. The van der Waals surface area contributed by atoms with Gasteiger partial charge in [0, 0.05) is 18.0 Å². The summed E-state index contributed by atoms with van der Waals surface area (Å²) in [6, 6.07) is 3.15. The molecule has 1 atom stereocenters. The normalized spacial score (nSPS) is 13.8. The Kier molecular flexibility index (Phi) is 10.1. The summed E-state index contributed by atoms with van der Waals surface area (Å²) in [6.07, 6.45) is 6.14. The molecule has 0 aliphatic carbocycles. The van der Waals surface area contributed by atoms with Crippen molar-refractivity contribution in [2.75, 3.05) is 0 Å². The maximum absolute atomic E-state index is 14.7. The average molecular weight is 422 g/mol. The first-order valence-electron chi connectivity index (χ1n) is 9.95. The molecule has 0 aliphatic heterocycles. The van der Waals surface area contributed by atoms with Crippen LogP contribution >= 0.6 is 23.2 Å². The summed E-state index contributed by atoms with van der Waals surface area (Å²) in [5.74, 6) is 0. The van der Waals surface area contributed by atoms with Gasteiger partial charge in [0.05, 0.1) is 16.1 Å². The van der Waals surface area contributed by atoms with Crippen molar-refractivity contribution in [3.8, 4) is 0 Å². The summed E-state index contributed by atoms with van der Waals surface area (Å²) in [6.45, 7) is 10.4. The summed E-state index contributed by atoms with van der Waals surface area (Å²) in [5.41, 5.74) is -0.279. The topological polar surface area (TPSA) is 22.1 Å². The molecule has 0 aliphatic rings. The van der Waals surface area contributed by atoms with E-state index in [-0.39, 0.29) is 6.10 Å². The van der Waals surface area contributed by atoms with E-state index in [1.54, 1.807) is 12.4 Å². The van der Waals surface area contributed by atoms with Crippen LogP contribution in [0.15, 0.2) is 12.4 Å². The van der Waals surface area contributed by atoms with Crippen molar-refractivity contribution in [2.24, 2.45) is 0 Å². The number of aromatic nitrogens is 1. The monoisotopic (exact) mass is 421 g/mol. The molecular formula is C20H34Cl2FNOSi. The highest BCUT2D eigenvalue weighted by Gasteiger charge is 2.34. The highest BCUT2D eigenvalue weighted by atomic mass is 35.5. The second-order valence-corrected chi connectivity index (χ2v) is 12.7. The van der Waals surface area contributed by atoms with Crippen LogP contribution in [0.3, 0.4) is 0 Å². The number of pyridine rings is 1. The molecule has 0 saturated carbocycles. The number of rotatable bonds is 12. The van der Waals surface area contributed by atoms with E-state index < -0.39 is 14.0 Å². The van der Waals surface area contributed by atoms with E-state index in [1.807, 2.05) is 13.8 Å². The molecule has 2 nitrogen and oxygen atoms in total. The van der Waals surface area contributed by atoms with Gasteiger partial charge in [-0.1, -0.05) is 57.8 Å². The van der Waals surface area contributed by atoms with E-state index in [9.17, 15) is 4.39 Å². The van der Waals surface area contributed by atoms with E-state index in [2.05, 4.69) is 25.8 Å². The van der Waals surface area contributed by atoms with E-state index >= 15 is 0 Å². The maximum Gasteiger partial charge on any atom is 0.192 e. The smallest absolute Gasteiger partial charge is 0.192 e. The molecule has 0 aromatic carbocycles. The van der Waals surface area contributed by atoms with Gasteiger partial charge in [-0.3, -0.25) is 4.98 Å². The largest absolute Gasteiger partial charge is 0.410 e. The zero-order valence-electron chi connectivity index (χ0n) is 16.9. The first kappa shape index (κ1) is 23.9. The predicted molar refractivity (Wildman–Crippen MR) is 114 cm³/mol. The Balaban J connectivity index is 3.06. The number of hydrogen-bond acceptors (Lipinski definition) is 2. The van der Waals surface area contributed by atoms with E-state index in [0.29, 0.717) is 29.3 Å². The van der Waals surface area contributed by atoms with Crippen molar-refractivity contribution >= 4 is 31.5 Å². The molecule has 1 unspecified atom stereocenters. The van der Waals surface area contributed by atoms with Gasteiger partial charge in [0.2, 0.25) is 0 Å². The third-order valence-corrected chi connectivity index (χ3v) is 11.1. The Morgan fingerprint density at radius 2 is 1.54 bits per heavy atom. The molecule has 1 rings (SSSR count). The molecule has 150 valence electrons. The maximum atomic E-state index is 14.7. The van der Waals surface area contributed by atoms with Gasteiger partial charge in [-0.25, -0.2) is 4.39 Å². The summed E-state index contributed by atoms with van der Waals surface area (Å²) < 4.78 is 21.4. The molecule has 0 fully saturated rings. The van der Waals surface area contributed by atoms with Crippen LogP contribution in [0.25, 0.3) is 0 Å². The molecule has 1 aromatic heterocycles. The summed E-state index contributed by atoms with van der Waals surface area (Å²) >= 11 is 12.8. The van der Waals surface area contributed by atoms with Gasteiger partial charge < -0.3 is 4.43 Å². The van der Waals surface area contributed by atoms with Gasteiger partial charge in [0.15, 0.2) is 8.32 Å². The Morgan fingerprint density at radius 1 is 1.04 bits per heavy atom. The van der Waals surface area contributed by atoms with Crippen LogP contribution in [-0.4, -0.2) is 19.0 Å². The fourth-order valence-corrected chi connectivity index (χ4v) is 6.95. The molecule has 0 saturated heterocycles. The van der Waals surface area contributed by atoms with Gasteiger partial charge >= 0.3 is 0 Å². The third-order valence-electron chi connectivity index (χ3n) is 5.90. The Morgan fingerprint density at radius 3 is 1.96 bits per heavy atom. The highest BCUT2D eigenvalue weighted by Crippen LogP contribution is 2.40. The van der Waals surface area contributed by atoms with Crippen molar-refractivity contribution < 1.29 is 8.82 Å². The van der Waals surface area contributed by atoms with Crippen molar-refractivity contribution in [2.45, 2.75) is 96.6 Å². The van der Waals surface area contributed by atoms with Gasteiger partial charge in [-0.05, 0) is 50.2 Å². The standard InChI is InChI=1S/C20H34Cl2FNOSi/c1-6-20(23,7-2)13-11-12-18(25-26(8-3,9-4)10-5)19-16(21)14-24-15-17(19)22/h14-15,18H,6-13H2,1-5H3. The molecule has 0 N–H and O–H groups in total. The molecule has 0 radical (unpaired) electrons. The van der Waals surface area contributed by atoms with Crippen LogP contribution in [0.2, 0.25) is 28.2 Å². The molecule has 6 heteroatoms. The molecule has 1 heterocycles. The Labute approximate surface area is 170 Å². The van der Waals surface area contributed by atoms with Crippen molar-refractivity contribution in [1.29, 1.82) is 0 Å². The van der Waals surface area contributed by atoms with Crippen LogP contribution in [-0.2, 0) is 4.43 Å². The second-order valence-electron chi connectivity index (χ2n) is 7.12. The lowest BCUT2D eigenvalue weighted by atomic mass is 9.91. The van der Waals surface area contributed by atoms with Crippen LogP contribution in [0, 0.1) is 0 Å². The van der Waals surface area contributed by atoms with Crippen molar-refractivity contribution in [1.82, 2.24) is 4.98 Å². The molecular weight excluding hydrogens is 388 g/mol.